The smallest absolute Gasteiger partial charge is 0.136 e. The van der Waals surface area contributed by atoms with E-state index in [9.17, 15) is 4.79 Å². The van der Waals surface area contributed by atoms with Crippen LogP contribution < -0.4 is 0 Å². The standard InChI is InChI=1S/C11H14OS/c1-8-5-9(7-13-8)6-10-3-2-4-11(10)12/h5,7,10H,2-4,6H2,1H3. The molecule has 1 unspecified atom stereocenters. The summed E-state index contributed by atoms with van der Waals surface area (Å²) in [4.78, 5) is 12.7. The molecular formula is C11H14OS. The summed E-state index contributed by atoms with van der Waals surface area (Å²) in [6.45, 7) is 2.12. The lowest BCUT2D eigenvalue weighted by Crippen LogP contribution is -2.08. The van der Waals surface area contributed by atoms with Crippen molar-refractivity contribution in [3.8, 4) is 0 Å². The predicted molar refractivity (Wildman–Crippen MR) is 55.1 cm³/mol. The molecule has 1 atom stereocenters. The lowest BCUT2D eigenvalue weighted by molar-refractivity contribution is -0.120. The Kier molecular flexibility index (Phi) is 2.49. The van der Waals surface area contributed by atoms with Crippen LogP contribution >= 0.6 is 11.3 Å². The molecule has 1 fully saturated rings. The van der Waals surface area contributed by atoms with E-state index in [1.165, 1.54) is 10.4 Å². The number of hydrogen-bond acceptors (Lipinski definition) is 2. The Labute approximate surface area is 82.8 Å². The van der Waals surface area contributed by atoms with Gasteiger partial charge in [-0.15, -0.1) is 11.3 Å². The number of rotatable bonds is 2. The van der Waals surface area contributed by atoms with Crippen LogP contribution in [0.1, 0.15) is 29.7 Å². The van der Waals surface area contributed by atoms with Gasteiger partial charge in [-0.25, -0.2) is 0 Å². The topological polar surface area (TPSA) is 17.1 Å². The van der Waals surface area contributed by atoms with Gasteiger partial charge in [-0.1, -0.05) is 0 Å². The van der Waals surface area contributed by atoms with Gasteiger partial charge in [-0.2, -0.15) is 0 Å². The Morgan fingerprint density at radius 1 is 1.62 bits per heavy atom. The Balaban J connectivity index is 2.01. The van der Waals surface area contributed by atoms with Gasteiger partial charge in [0.2, 0.25) is 0 Å². The molecule has 1 heterocycles. The van der Waals surface area contributed by atoms with Crippen molar-refractivity contribution >= 4 is 17.1 Å². The number of carbonyl (C=O) groups is 1. The van der Waals surface area contributed by atoms with Crippen LogP contribution in [0.2, 0.25) is 0 Å². The zero-order valence-corrected chi connectivity index (χ0v) is 8.69. The molecular weight excluding hydrogens is 180 g/mol. The molecule has 1 aromatic rings. The van der Waals surface area contributed by atoms with E-state index in [0.29, 0.717) is 11.7 Å². The fraction of sp³-hybridized carbons (Fsp3) is 0.545. The minimum absolute atomic E-state index is 0.328. The minimum Gasteiger partial charge on any atom is -0.299 e. The largest absolute Gasteiger partial charge is 0.299 e. The first-order valence-electron chi connectivity index (χ1n) is 4.82. The van der Waals surface area contributed by atoms with Crippen molar-refractivity contribution < 1.29 is 4.79 Å². The number of aryl methyl sites for hydroxylation is 1. The van der Waals surface area contributed by atoms with Crippen molar-refractivity contribution in [2.45, 2.75) is 32.6 Å². The van der Waals surface area contributed by atoms with E-state index in [1.54, 1.807) is 11.3 Å². The molecule has 0 aliphatic heterocycles. The van der Waals surface area contributed by atoms with Gasteiger partial charge >= 0.3 is 0 Å². The molecule has 0 saturated heterocycles. The molecule has 1 aromatic heterocycles. The molecule has 70 valence electrons. The molecule has 0 radical (unpaired) electrons. The molecule has 13 heavy (non-hydrogen) atoms. The number of carbonyl (C=O) groups excluding carboxylic acids is 1. The number of hydrogen-bond donors (Lipinski definition) is 0. The van der Waals surface area contributed by atoms with Crippen LogP contribution in [0.15, 0.2) is 11.4 Å². The quantitative estimate of drug-likeness (QED) is 0.707. The second-order valence-electron chi connectivity index (χ2n) is 3.83. The fourth-order valence-electron chi connectivity index (χ4n) is 1.99. The molecule has 2 rings (SSSR count). The first kappa shape index (κ1) is 8.95. The molecule has 1 aliphatic carbocycles. The van der Waals surface area contributed by atoms with E-state index < -0.39 is 0 Å². The van der Waals surface area contributed by atoms with Crippen molar-refractivity contribution in [3.63, 3.8) is 0 Å². The van der Waals surface area contributed by atoms with Gasteiger partial charge in [-0.3, -0.25) is 4.79 Å². The SMILES string of the molecule is Cc1cc(CC2CCCC2=O)cs1. The predicted octanol–water partition coefficient (Wildman–Crippen LogP) is 2.97. The highest BCUT2D eigenvalue weighted by atomic mass is 32.1. The summed E-state index contributed by atoms with van der Waals surface area (Å²) >= 11 is 1.78. The van der Waals surface area contributed by atoms with Gasteiger partial charge in [0.1, 0.15) is 5.78 Å². The molecule has 0 spiro atoms. The normalized spacial score (nSPS) is 22.5. The van der Waals surface area contributed by atoms with Crippen LogP contribution in [0.4, 0.5) is 0 Å². The van der Waals surface area contributed by atoms with Gasteiger partial charge in [0.15, 0.2) is 0 Å². The molecule has 0 bridgehead atoms. The molecule has 0 amide bonds. The molecule has 0 N–H and O–H groups in total. The summed E-state index contributed by atoms with van der Waals surface area (Å²) in [5.41, 5.74) is 1.35. The summed E-state index contributed by atoms with van der Waals surface area (Å²) in [5.74, 6) is 0.804. The van der Waals surface area contributed by atoms with Crippen LogP contribution in [0.25, 0.3) is 0 Å². The summed E-state index contributed by atoms with van der Waals surface area (Å²) in [7, 11) is 0. The van der Waals surface area contributed by atoms with Crippen molar-refractivity contribution in [2.24, 2.45) is 5.92 Å². The monoisotopic (exact) mass is 194 g/mol. The second-order valence-corrected chi connectivity index (χ2v) is 4.94. The van der Waals surface area contributed by atoms with Crippen LogP contribution in [0, 0.1) is 12.8 Å². The third kappa shape index (κ3) is 1.99. The maximum atomic E-state index is 11.4. The van der Waals surface area contributed by atoms with Crippen LogP contribution in [0.5, 0.6) is 0 Å². The summed E-state index contributed by atoms with van der Waals surface area (Å²) in [6, 6.07) is 2.20. The Morgan fingerprint density at radius 2 is 2.46 bits per heavy atom. The summed E-state index contributed by atoms with van der Waals surface area (Å²) in [5, 5.41) is 2.18. The zero-order chi connectivity index (χ0) is 9.26. The molecule has 0 aromatic carbocycles. The third-order valence-electron chi connectivity index (χ3n) is 2.70. The number of Topliss-reactive ketones (excluding diaryl/α,β-unsaturated/α-hetero) is 1. The number of thiophene rings is 1. The first-order chi connectivity index (χ1) is 6.25. The second kappa shape index (κ2) is 3.62. The molecule has 1 saturated carbocycles. The van der Waals surface area contributed by atoms with Crippen molar-refractivity contribution in [1.29, 1.82) is 0 Å². The van der Waals surface area contributed by atoms with E-state index >= 15 is 0 Å². The lowest BCUT2D eigenvalue weighted by atomic mass is 9.99. The Hall–Kier alpha value is -0.630. The van der Waals surface area contributed by atoms with Crippen LogP contribution in [-0.4, -0.2) is 5.78 Å². The van der Waals surface area contributed by atoms with Crippen molar-refractivity contribution in [1.82, 2.24) is 0 Å². The van der Waals surface area contributed by atoms with Gasteiger partial charge in [0.05, 0.1) is 0 Å². The Bertz CT molecular complexity index is 314. The molecule has 2 heteroatoms. The van der Waals surface area contributed by atoms with Gasteiger partial charge < -0.3 is 0 Å². The number of ketones is 1. The van der Waals surface area contributed by atoms with E-state index in [-0.39, 0.29) is 0 Å². The first-order valence-corrected chi connectivity index (χ1v) is 5.70. The minimum atomic E-state index is 0.328. The molecule has 1 nitrogen and oxygen atoms in total. The van der Waals surface area contributed by atoms with Crippen molar-refractivity contribution in [2.75, 3.05) is 0 Å². The maximum Gasteiger partial charge on any atom is 0.136 e. The summed E-state index contributed by atoms with van der Waals surface area (Å²) < 4.78 is 0. The average molecular weight is 194 g/mol. The highest BCUT2D eigenvalue weighted by molar-refractivity contribution is 7.10. The summed E-state index contributed by atoms with van der Waals surface area (Å²) in [6.07, 6.45) is 4.00. The van der Waals surface area contributed by atoms with Crippen molar-refractivity contribution in [3.05, 3.63) is 21.9 Å². The zero-order valence-electron chi connectivity index (χ0n) is 7.88. The highest BCUT2D eigenvalue weighted by Crippen LogP contribution is 2.26. The van der Waals surface area contributed by atoms with Gasteiger partial charge in [0, 0.05) is 17.2 Å². The lowest BCUT2D eigenvalue weighted by Gasteiger charge is -2.04. The maximum absolute atomic E-state index is 11.4. The third-order valence-corrected chi connectivity index (χ3v) is 3.61. The fourth-order valence-corrected chi connectivity index (χ4v) is 2.71. The Morgan fingerprint density at radius 3 is 3.00 bits per heavy atom. The van der Waals surface area contributed by atoms with E-state index in [2.05, 4.69) is 18.4 Å². The van der Waals surface area contributed by atoms with Gasteiger partial charge in [0.25, 0.3) is 0 Å². The van der Waals surface area contributed by atoms with Gasteiger partial charge in [-0.05, 0) is 43.2 Å². The highest BCUT2D eigenvalue weighted by Gasteiger charge is 2.24. The molecule has 1 aliphatic rings. The van der Waals surface area contributed by atoms with Crippen LogP contribution in [0.3, 0.4) is 0 Å². The van der Waals surface area contributed by atoms with E-state index in [0.717, 1.165) is 25.7 Å². The average Bonchev–Trinajstić information content (AvgIpc) is 2.64. The van der Waals surface area contributed by atoms with E-state index in [4.69, 9.17) is 0 Å². The van der Waals surface area contributed by atoms with Crippen LogP contribution in [-0.2, 0) is 11.2 Å². The van der Waals surface area contributed by atoms with E-state index in [1.807, 2.05) is 0 Å².